The van der Waals surface area contributed by atoms with Crippen molar-refractivity contribution in [2.45, 2.75) is 18.8 Å². The summed E-state index contributed by atoms with van der Waals surface area (Å²) in [6.45, 7) is 0. The average molecular weight is 298 g/mol. The predicted octanol–water partition coefficient (Wildman–Crippen LogP) is 4.44. The molecular weight excluding hydrogens is 285 g/mol. The van der Waals surface area contributed by atoms with Gasteiger partial charge in [0.2, 0.25) is 0 Å². The van der Waals surface area contributed by atoms with E-state index in [0.29, 0.717) is 38.4 Å². The molecule has 0 radical (unpaired) electrons. The second-order valence-corrected chi connectivity index (χ2v) is 5.44. The number of aromatic nitrogens is 1. The van der Waals surface area contributed by atoms with Gasteiger partial charge in [-0.05, 0) is 18.9 Å². The fourth-order valence-corrected chi connectivity index (χ4v) is 2.80. The van der Waals surface area contributed by atoms with Crippen molar-refractivity contribution in [3.63, 3.8) is 0 Å². The molecule has 0 aliphatic heterocycles. The Morgan fingerprint density at radius 3 is 2.42 bits per heavy atom. The minimum absolute atomic E-state index is 0.467. The summed E-state index contributed by atoms with van der Waals surface area (Å²) in [4.78, 5) is 4.67. The van der Waals surface area contributed by atoms with Crippen molar-refractivity contribution in [2.75, 3.05) is 14.2 Å². The maximum Gasteiger partial charge on any atom is 0.148 e. The first-order valence-electron chi connectivity index (χ1n) is 6.06. The van der Waals surface area contributed by atoms with Crippen LogP contribution in [0.15, 0.2) is 12.1 Å². The molecule has 1 aliphatic rings. The molecule has 19 heavy (non-hydrogen) atoms. The average Bonchev–Trinajstić information content (AvgIpc) is 3.22. The second kappa shape index (κ2) is 4.73. The topological polar surface area (TPSA) is 31.4 Å². The first-order valence-corrected chi connectivity index (χ1v) is 6.82. The zero-order valence-corrected chi connectivity index (χ0v) is 12.2. The van der Waals surface area contributed by atoms with Crippen LogP contribution in [0.4, 0.5) is 0 Å². The third-order valence-electron chi connectivity index (χ3n) is 3.35. The molecule has 1 heterocycles. The first kappa shape index (κ1) is 12.8. The normalized spacial score (nSPS) is 14.7. The van der Waals surface area contributed by atoms with Crippen molar-refractivity contribution in [1.82, 2.24) is 4.98 Å². The van der Waals surface area contributed by atoms with Gasteiger partial charge in [0.25, 0.3) is 0 Å². The molecule has 1 saturated carbocycles. The van der Waals surface area contributed by atoms with Crippen molar-refractivity contribution in [1.29, 1.82) is 0 Å². The van der Waals surface area contributed by atoms with E-state index in [2.05, 4.69) is 4.98 Å². The highest BCUT2D eigenvalue weighted by molar-refractivity contribution is 6.38. The summed E-state index contributed by atoms with van der Waals surface area (Å²) < 4.78 is 10.7. The smallest absolute Gasteiger partial charge is 0.148 e. The molecule has 1 aromatic carbocycles. The number of ether oxygens (including phenoxy) is 2. The highest BCUT2D eigenvalue weighted by Gasteiger charge is 2.27. The molecule has 0 bridgehead atoms. The van der Waals surface area contributed by atoms with Crippen LogP contribution >= 0.6 is 23.2 Å². The van der Waals surface area contributed by atoms with E-state index in [1.807, 2.05) is 6.07 Å². The lowest BCUT2D eigenvalue weighted by Gasteiger charge is -2.13. The molecule has 1 aromatic heterocycles. The van der Waals surface area contributed by atoms with E-state index < -0.39 is 0 Å². The molecule has 0 amide bonds. The van der Waals surface area contributed by atoms with Gasteiger partial charge in [0, 0.05) is 17.7 Å². The number of methoxy groups -OCH3 is 2. The third-order valence-corrected chi connectivity index (χ3v) is 3.92. The van der Waals surface area contributed by atoms with Crippen LogP contribution in [0.1, 0.15) is 24.5 Å². The third kappa shape index (κ3) is 2.11. The van der Waals surface area contributed by atoms with Crippen molar-refractivity contribution < 1.29 is 9.47 Å². The van der Waals surface area contributed by atoms with Crippen molar-refractivity contribution in [3.05, 3.63) is 27.9 Å². The van der Waals surface area contributed by atoms with Crippen LogP contribution in [-0.4, -0.2) is 19.2 Å². The summed E-state index contributed by atoms with van der Waals surface area (Å²) in [6.07, 6.45) is 2.34. The number of hydrogen-bond acceptors (Lipinski definition) is 3. The summed E-state index contributed by atoms with van der Waals surface area (Å²) >= 11 is 12.6. The van der Waals surface area contributed by atoms with Gasteiger partial charge in [-0.1, -0.05) is 23.2 Å². The number of rotatable bonds is 3. The first-order chi connectivity index (χ1) is 9.15. The quantitative estimate of drug-likeness (QED) is 0.839. The van der Waals surface area contributed by atoms with Gasteiger partial charge in [-0.15, -0.1) is 0 Å². The molecule has 1 aliphatic carbocycles. The second-order valence-electron chi connectivity index (χ2n) is 4.62. The fraction of sp³-hybridized carbons (Fsp3) is 0.357. The zero-order valence-electron chi connectivity index (χ0n) is 10.7. The van der Waals surface area contributed by atoms with Crippen LogP contribution in [0.3, 0.4) is 0 Å². The molecule has 2 aromatic rings. The van der Waals surface area contributed by atoms with Crippen LogP contribution in [0.5, 0.6) is 11.5 Å². The zero-order chi connectivity index (χ0) is 13.6. The molecule has 0 N–H and O–H groups in total. The number of pyridine rings is 1. The van der Waals surface area contributed by atoms with Gasteiger partial charge < -0.3 is 9.47 Å². The minimum Gasteiger partial charge on any atom is -0.494 e. The summed E-state index contributed by atoms with van der Waals surface area (Å²) in [5, 5.41) is 1.78. The van der Waals surface area contributed by atoms with Gasteiger partial charge in [0.15, 0.2) is 0 Å². The fourth-order valence-electron chi connectivity index (χ4n) is 2.24. The Bertz CT molecular complexity index is 654. The van der Waals surface area contributed by atoms with E-state index in [4.69, 9.17) is 32.7 Å². The minimum atomic E-state index is 0.467. The van der Waals surface area contributed by atoms with Gasteiger partial charge in [-0.25, -0.2) is 4.98 Å². The lowest BCUT2D eigenvalue weighted by molar-refractivity contribution is 0.410. The largest absolute Gasteiger partial charge is 0.494 e. The summed E-state index contributed by atoms with van der Waals surface area (Å²) in [5.74, 6) is 1.68. The van der Waals surface area contributed by atoms with E-state index in [0.717, 1.165) is 5.69 Å². The molecule has 1 fully saturated rings. The van der Waals surface area contributed by atoms with Crippen molar-refractivity contribution >= 4 is 34.1 Å². The van der Waals surface area contributed by atoms with E-state index >= 15 is 0 Å². The Balaban J connectivity index is 2.36. The Kier molecular flexibility index (Phi) is 3.19. The Hall–Kier alpha value is -1.19. The van der Waals surface area contributed by atoms with Crippen LogP contribution in [-0.2, 0) is 0 Å². The van der Waals surface area contributed by atoms with Crippen molar-refractivity contribution in [2.24, 2.45) is 0 Å². The number of benzene rings is 1. The van der Waals surface area contributed by atoms with Crippen LogP contribution in [0.2, 0.25) is 10.0 Å². The van der Waals surface area contributed by atoms with Gasteiger partial charge in [0.05, 0.1) is 29.7 Å². The molecule has 0 unspecified atom stereocenters. The maximum atomic E-state index is 6.38. The van der Waals surface area contributed by atoms with E-state index in [1.54, 1.807) is 20.3 Å². The van der Waals surface area contributed by atoms with E-state index in [9.17, 15) is 0 Å². The predicted molar refractivity (Wildman–Crippen MR) is 76.8 cm³/mol. The van der Waals surface area contributed by atoms with E-state index in [1.165, 1.54) is 12.8 Å². The summed E-state index contributed by atoms with van der Waals surface area (Å²) in [5.41, 5.74) is 1.72. The van der Waals surface area contributed by atoms with Crippen LogP contribution in [0.25, 0.3) is 10.9 Å². The molecule has 5 heteroatoms. The molecule has 100 valence electrons. The summed E-state index contributed by atoms with van der Waals surface area (Å²) in [6, 6.07) is 3.61. The molecule has 0 saturated heterocycles. The van der Waals surface area contributed by atoms with E-state index in [-0.39, 0.29) is 0 Å². The monoisotopic (exact) mass is 297 g/mol. The lowest BCUT2D eigenvalue weighted by atomic mass is 10.1. The molecule has 3 nitrogen and oxygen atoms in total. The molecular formula is C14H13Cl2NO2. The van der Waals surface area contributed by atoms with Crippen LogP contribution in [0, 0.1) is 0 Å². The molecule has 0 atom stereocenters. The van der Waals surface area contributed by atoms with Gasteiger partial charge >= 0.3 is 0 Å². The molecule has 0 spiro atoms. The highest BCUT2D eigenvalue weighted by atomic mass is 35.5. The molecule has 3 rings (SSSR count). The van der Waals surface area contributed by atoms with Gasteiger partial charge in [-0.3, -0.25) is 0 Å². The summed E-state index contributed by atoms with van der Waals surface area (Å²) in [7, 11) is 3.16. The van der Waals surface area contributed by atoms with Gasteiger partial charge in [0.1, 0.15) is 17.0 Å². The standard InChI is InChI=1S/C14H13Cl2NO2/c1-18-11-6-9(16)14(19-2)12-8(15)5-10(7-3-4-7)17-13(11)12/h5-7H,3-4H2,1-2H3. The Labute approximate surface area is 121 Å². The van der Waals surface area contributed by atoms with Crippen molar-refractivity contribution in [3.8, 4) is 11.5 Å². The number of nitrogens with zero attached hydrogens (tertiary/aromatic N) is 1. The highest BCUT2D eigenvalue weighted by Crippen LogP contribution is 2.46. The number of fused-ring (bicyclic) bond motifs is 1. The Morgan fingerprint density at radius 1 is 1.11 bits per heavy atom. The number of halogens is 2. The SMILES string of the molecule is COc1cc(Cl)c(OC)c2c(Cl)cc(C3CC3)nc12. The Morgan fingerprint density at radius 2 is 1.84 bits per heavy atom. The number of hydrogen-bond donors (Lipinski definition) is 0. The van der Waals surface area contributed by atoms with Crippen LogP contribution < -0.4 is 9.47 Å². The lowest BCUT2D eigenvalue weighted by Crippen LogP contribution is -1.96. The van der Waals surface area contributed by atoms with Gasteiger partial charge in [-0.2, -0.15) is 0 Å². The maximum absolute atomic E-state index is 6.38.